The monoisotopic (exact) mass is 296 g/mol. The predicted octanol–water partition coefficient (Wildman–Crippen LogP) is 1.71. The molecule has 1 unspecified atom stereocenters. The van der Waals surface area contributed by atoms with Gasteiger partial charge < -0.3 is 15.0 Å². The zero-order valence-corrected chi connectivity index (χ0v) is 13.3. The molecule has 2 amide bonds. The largest absolute Gasteiger partial charge is 0.378 e. The number of carbonyl (C=O) groups is 2. The molecule has 2 aliphatic rings. The molecule has 5 nitrogen and oxygen atoms in total. The normalized spacial score (nSPS) is 23.6. The average molecular weight is 296 g/mol. The van der Waals surface area contributed by atoms with Crippen LogP contribution in [0.25, 0.3) is 0 Å². The molecule has 0 aromatic rings. The lowest BCUT2D eigenvalue weighted by atomic mass is 9.95. The Balaban J connectivity index is 1.67. The van der Waals surface area contributed by atoms with Crippen molar-refractivity contribution in [2.24, 2.45) is 5.92 Å². The van der Waals surface area contributed by atoms with Crippen molar-refractivity contribution in [2.45, 2.75) is 64.5 Å². The van der Waals surface area contributed by atoms with E-state index in [0.717, 1.165) is 38.7 Å². The SMILES string of the molecule is CC(C)NC(=O)C1CCN(C(=O)CCC2CCCO2)CC1. The molecule has 1 N–H and O–H groups in total. The van der Waals surface area contributed by atoms with Gasteiger partial charge in [0.15, 0.2) is 0 Å². The summed E-state index contributed by atoms with van der Waals surface area (Å²) in [4.78, 5) is 26.0. The van der Waals surface area contributed by atoms with E-state index in [1.54, 1.807) is 0 Å². The zero-order valence-electron chi connectivity index (χ0n) is 13.3. The number of piperidine rings is 1. The summed E-state index contributed by atoms with van der Waals surface area (Å²) >= 11 is 0. The number of amides is 2. The fourth-order valence-corrected chi connectivity index (χ4v) is 3.11. The van der Waals surface area contributed by atoms with Crippen LogP contribution in [0, 0.1) is 5.92 Å². The Bertz CT molecular complexity index is 357. The van der Waals surface area contributed by atoms with Gasteiger partial charge in [-0.15, -0.1) is 0 Å². The number of nitrogens with one attached hydrogen (secondary N) is 1. The van der Waals surface area contributed by atoms with Crippen LogP contribution in [0.5, 0.6) is 0 Å². The van der Waals surface area contributed by atoms with Gasteiger partial charge in [0.2, 0.25) is 11.8 Å². The highest BCUT2D eigenvalue weighted by Crippen LogP contribution is 2.21. The van der Waals surface area contributed by atoms with Crippen molar-refractivity contribution in [1.82, 2.24) is 10.2 Å². The van der Waals surface area contributed by atoms with E-state index >= 15 is 0 Å². The van der Waals surface area contributed by atoms with Gasteiger partial charge in [-0.2, -0.15) is 0 Å². The maximum atomic E-state index is 12.2. The summed E-state index contributed by atoms with van der Waals surface area (Å²) in [5.74, 6) is 0.416. The summed E-state index contributed by atoms with van der Waals surface area (Å²) in [5.41, 5.74) is 0. The average Bonchev–Trinajstić information content (AvgIpc) is 2.97. The predicted molar refractivity (Wildman–Crippen MR) is 80.8 cm³/mol. The van der Waals surface area contributed by atoms with Crippen LogP contribution in [0.15, 0.2) is 0 Å². The van der Waals surface area contributed by atoms with E-state index in [4.69, 9.17) is 4.74 Å². The standard InChI is InChI=1S/C16H28N2O3/c1-12(2)17-16(20)13-7-9-18(10-8-13)15(19)6-5-14-4-3-11-21-14/h12-14H,3-11H2,1-2H3,(H,17,20). The van der Waals surface area contributed by atoms with Gasteiger partial charge in [-0.1, -0.05) is 0 Å². The molecule has 2 fully saturated rings. The molecule has 0 aromatic carbocycles. The van der Waals surface area contributed by atoms with Crippen molar-refractivity contribution in [1.29, 1.82) is 0 Å². The van der Waals surface area contributed by atoms with Crippen LogP contribution < -0.4 is 5.32 Å². The van der Waals surface area contributed by atoms with Crippen molar-refractivity contribution in [3.05, 3.63) is 0 Å². The Hall–Kier alpha value is -1.10. The van der Waals surface area contributed by atoms with Gasteiger partial charge in [-0.3, -0.25) is 9.59 Å². The molecule has 120 valence electrons. The first kappa shape index (κ1) is 16.3. The number of nitrogens with zero attached hydrogens (tertiary/aromatic N) is 1. The van der Waals surface area contributed by atoms with Gasteiger partial charge in [0, 0.05) is 38.1 Å². The lowest BCUT2D eigenvalue weighted by Crippen LogP contribution is -2.44. The van der Waals surface area contributed by atoms with Crippen LogP contribution in [0.1, 0.15) is 52.4 Å². The Morgan fingerprint density at radius 2 is 1.95 bits per heavy atom. The summed E-state index contributed by atoms with van der Waals surface area (Å²) < 4.78 is 5.55. The Kier molecular flexibility index (Phi) is 6.03. The Labute approximate surface area is 127 Å². The van der Waals surface area contributed by atoms with Gasteiger partial charge in [0.05, 0.1) is 6.10 Å². The molecular formula is C16H28N2O3. The van der Waals surface area contributed by atoms with E-state index in [9.17, 15) is 9.59 Å². The third-order valence-electron chi connectivity index (χ3n) is 4.35. The quantitative estimate of drug-likeness (QED) is 0.840. The van der Waals surface area contributed by atoms with Crippen LogP contribution in [0.4, 0.5) is 0 Å². The second-order valence-corrected chi connectivity index (χ2v) is 6.49. The van der Waals surface area contributed by atoms with Crippen LogP contribution in [0.2, 0.25) is 0 Å². The highest BCUT2D eigenvalue weighted by atomic mass is 16.5. The van der Waals surface area contributed by atoms with E-state index in [1.807, 2.05) is 18.7 Å². The van der Waals surface area contributed by atoms with Crippen LogP contribution in [-0.2, 0) is 14.3 Å². The second kappa shape index (κ2) is 7.78. The highest BCUT2D eigenvalue weighted by Gasteiger charge is 2.28. The number of carbonyl (C=O) groups excluding carboxylic acids is 2. The van der Waals surface area contributed by atoms with Crippen molar-refractivity contribution in [3.8, 4) is 0 Å². The van der Waals surface area contributed by atoms with Gasteiger partial charge >= 0.3 is 0 Å². The minimum Gasteiger partial charge on any atom is -0.378 e. The number of rotatable bonds is 5. The second-order valence-electron chi connectivity index (χ2n) is 6.49. The van der Waals surface area contributed by atoms with E-state index in [0.29, 0.717) is 19.5 Å². The zero-order chi connectivity index (χ0) is 15.2. The molecule has 0 bridgehead atoms. The van der Waals surface area contributed by atoms with E-state index < -0.39 is 0 Å². The summed E-state index contributed by atoms with van der Waals surface area (Å²) in [6.07, 6.45) is 5.47. The number of hydrogen-bond donors (Lipinski definition) is 1. The molecule has 2 heterocycles. The molecule has 0 saturated carbocycles. The third kappa shape index (κ3) is 4.99. The number of likely N-dealkylation sites (tertiary alicyclic amines) is 1. The van der Waals surface area contributed by atoms with Crippen molar-refractivity contribution in [2.75, 3.05) is 19.7 Å². The van der Waals surface area contributed by atoms with Crippen molar-refractivity contribution in [3.63, 3.8) is 0 Å². The fourth-order valence-electron chi connectivity index (χ4n) is 3.11. The van der Waals surface area contributed by atoms with Crippen molar-refractivity contribution >= 4 is 11.8 Å². The van der Waals surface area contributed by atoms with Crippen molar-refractivity contribution < 1.29 is 14.3 Å². The minimum absolute atomic E-state index is 0.0645. The fraction of sp³-hybridized carbons (Fsp3) is 0.875. The maximum absolute atomic E-state index is 12.2. The summed E-state index contributed by atoms with van der Waals surface area (Å²) in [7, 11) is 0. The first-order valence-electron chi connectivity index (χ1n) is 8.26. The Morgan fingerprint density at radius 3 is 2.52 bits per heavy atom. The number of ether oxygens (including phenoxy) is 1. The molecule has 2 saturated heterocycles. The van der Waals surface area contributed by atoms with Gasteiger partial charge in [0.25, 0.3) is 0 Å². The smallest absolute Gasteiger partial charge is 0.223 e. The molecule has 2 rings (SSSR count). The van der Waals surface area contributed by atoms with Crippen LogP contribution in [-0.4, -0.2) is 48.6 Å². The molecule has 2 aliphatic heterocycles. The minimum atomic E-state index is 0.0645. The molecule has 0 aliphatic carbocycles. The van der Waals surface area contributed by atoms with Gasteiger partial charge in [-0.05, 0) is 46.0 Å². The lowest BCUT2D eigenvalue weighted by Gasteiger charge is -2.32. The van der Waals surface area contributed by atoms with Crippen LogP contribution in [0.3, 0.4) is 0 Å². The molecule has 1 atom stereocenters. The first-order valence-corrected chi connectivity index (χ1v) is 8.26. The Morgan fingerprint density at radius 1 is 1.24 bits per heavy atom. The van der Waals surface area contributed by atoms with E-state index in [1.165, 1.54) is 0 Å². The molecule has 0 spiro atoms. The lowest BCUT2D eigenvalue weighted by molar-refractivity contribution is -0.136. The molecule has 0 aromatic heterocycles. The first-order chi connectivity index (χ1) is 10.1. The highest BCUT2D eigenvalue weighted by molar-refractivity contribution is 5.80. The topological polar surface area (TPSA) is 58.6 Å². The summed E-state index contributed by atoms with van der Waals surface area (Å²) in [6, 6.07) is 0.184. The van der Waals surface area contributed by atoms with E-state index in [-0.39, 0.29) is 29.9 Å². The maximum Gasteiger partial charge on any atom is 0.223 e. The summed E-state index contributed by atoms with van der Waals surface area (Å²) in [5, 5.41) is 2.96. The molecular weight excluding hydrogens is 268 g/mol. The molecule has 21 heavy (non-hydrogen) atoms. The number of hydrogen-bond acceptors (Lipinski definition) is 3. The van der Waals surface area contributed by atoms with Crippen LogP contribution >= 0.6 is 0 Å². The molecule has 5 heteroatoms. The van der Waals surface area contributed by atoms with Gasteiger partial charge in [0.1, 0.15) is 0 Å². The summed E-state index contributed by atoms with van der Waals surface area (Å²) in [6.45, 7) is 6.21. The van der Waals surface area contributed by atoms with E-state index in [2.05, 4.69) is 5.32 Å². The van der Waals surface area contributed by atoms with Gasteiger partial charge in [-0.25, -0.2) is 0 Å². The third-order valence-corrected chi connectivity index (χ3v) is 4.35. The molecule has 0 radical (unpaired) electrons.